The summed E-state index contributed by atoms with van der Waals surface area (Å²) in [4.78, 5) is 11.9. The van der Waals surface area contributed by atoms with Gasteiger partial charge in [-0.1, -0.05) is 6.07 Å². The molecular weight excluding hydrogens is 230 g/mol. The summed E-state index contributed by atoms with van der Waals surface area (Å²) in [5.41, 5.74) is 1.08. The summed E-state index contributed by atoms with van der Waals surface area (Å²) in [6, 6.07) is 13.2. The van der Waals surface area contributed by atoms with E-state index in [1.54, 1.807) is 43.5 Å². The highest BCUT2D eigenvalue weighted by atomic mass is 16.5. The van der Waals surface area contributed by atoms with Gasteiger partial charge in [0.2, 0.25) is 0 Å². The minimum Gasteiger partial charge on any atom is -0.508 e. The van der Waals surface area contributed by atoms with E-state index in [1.807, 2.05) is 0 Å². The second kappa shape index (κ2) is 5.23. The molecule has 2 aromatic rings. The molecule has 4 heteroatoms. The zero-order valence-electron chi connectivity index (χ0n) is 9.88. The second-order valence-corrected chi connectivity index (χ2v) is 3.73. The van der Waals surface area contributed by atoms with E-state index in [9.17, 15) is 9.90 Å². The number of hydrogen-bond acceptors (Lipinski definition) is 3. The molecule has 4 nitrogen and oxygen atoms in total. The minimum atomic E-state index is -0.268. The maximum atomic E-state index is 11.9. The van der Waals surface area contributed by atoms with E-state index in [-0.39, 0.29) is 11.7 Å². The second-order valence-electron chi connectivity index (χ2n) is 3.73. The van der Waals surface area contributed by atoms with Crippen molar-refractivity contribution in [1.82, 2.24) is 0 Å². The summed E-state index contributed by atoms with van der Waals surface area (Å²) in [6.07, 6.45) is 0. The smallest absolute Gasteiger partial charge is 0.255 e. The lowest BCUT2D eigenvalue weighted by Gasteiger charge is -2.06. The van der Waals surface area contributed by atoms with Gasteiger partial charge in [-0.15, -0.1) is 0 Å². The molecule has 2 rings (SSSR count). The number of phenolic OH excluding ortho intramolecular Hbond substituents is 1. The molecule has 0 unspecified atom stereocenters. The van der Waals surface area contributed by atoms with Crippen LogP contribution in [0.3, 0.4) is 0 Å². The van der Waals surface area contributed by atoms with Crippen LogP contribution in [0.2, 0.25) is 0 Å². The van der Waals surface area contributed by atoms with E-state index in [2.05, 4.69) is 5.32 Å². The maximum absolute atomic E-state index is 11.9. The van der Waals surface area contributed by atoms with E-state index < -0.39 is 0 Å². The molecule has 2 N–H and O–H groups in total. The third-order valence-electron chi connectivity index (χ3n) is 2.46. The van der Waals surface area contributed by atoms with Crippen LogP contribution < -0.4 is 10.1 Å². The number of aromatic hydroxyl groups is 1. The van der Waals surface area contributed by atoms with Gasteiger partial charge in [0.05, 0.1) is 7.11 Å². The number of hydrogen-bond donors (Lipinski definition) is 2. The van der Waals surface area contributed by atoms with Gasteiger partial charge in [-0.25, -0.2) is 0 Å². The summed E-state index contributed by atoms with van der Waals surface area (Å²) >= 11 is 0. The molecule has 0 heterocycles. The number of phenols is 1. The third kappa shape index (κ3) is 2.79. The van der Waals surface area contributed by atoms with Gasteiger partial charge in [-0.2, -0.15) is 0 Å². The average molecular weight is 243 g/mol. The Bertz CT molecular complexity index is 549. The van der Waals surface area contributed by atoms with Gasteiger partial charge in [0, 0.05) is 11.3 Å². The normalized spacial score (nSPS) is 9.83. The molecule has 0 aliphatic rings. The first-order valence-corrected chi connectivity index (χ1v) is 5.43. The van der Waals surface area contributed by atoms with Gasteiger partial charge in [-0.3, -0.25) is 4.79 Å². The number of carbonyl (C=O) groups is 1. The van der Waals surface area contributed by atoms with Gasteiger partial charge in [-0.05, 0) is 42.5 Å². The van der Waals surface area contributed by atoms with Crippen LogP contribution in [0.25, 0.3) is 0 Å². The molecule has 0 spiro atoms. The Morgan fingerprint density at radius 2 is 1.89 bits per heavy atom. The van der Waals surface area contributed by atoms with E-state index in [0.717, 1.165) is 5.75 Å². The Morgan fingerprint density at radius 3 is 2.50 bits per heavy atom. The SMILES string of the molecule is COc1ccc(NC(=O)c2cccc(O)c2)cc1. The number of rotatable bonds is 3. The van der Waals surface area contributed by atoms with Crippen molar-refractivity contribution < 1.29 is 14.6 Å². The van der Waals surface area contributed by atoms with Crippen LogP contribution >= 0.6 is 0 Å². The van der Waals surface area contributed by atoms with Crippen molar-refractivity contribution in [2.24, 2.45) is 0 Å². The number of benzene rings is 2. The van der Waals surface area contributed by atoms with Crippen LogP contribution in [-0.4, -0.2) is 18.1 Å². The van der Waals surface area contributed by atoms with Crippen molar-refractivity contribution in [3.63, 3.8) is 0 Å². The first kappa shape index (κ1) is 12.0. The summed E-state index contributed by atoms with van der Waals surface area (Å²) < 4.78 is 5.03. The molecule has 0 aromatic heterocycles. The van der Waals surface area contributed by atoms with E-state index >= 15 is 0 Å². The molecule has 92 valence electrons. The number of nitrogens with one attached hydrogen (secondary N) is 1. The highest BCUT2D eigenvalue weighted by Crippen LogP contribution is 2.17. The molecule has 0 aliphatic carbocycles. The molecule has 2 aromatic carbocycles. The maximum Gasteiger partial charge on any atom is 0.255 e. The number of ether oxygens (including phenoxy) is 1. The number of methoxy groups -OCH3 is 1. The molecule has 0 radical (unpaired) electrons. The monoisotopic (exact) mass is 243 g/mol. The summed E-state index contributed by atoms with van der Waals surface area (Å²) in [7, 11) is 1.58. The Balaban J connectivity index is 2.11. The largest absolute Gasteiger partial charge is 0.508 e. The number of amides is 1. The zero-order valence-corrected chi connectivity index (χ0v) is 9.88. The van der Waals surface area contributed by atoms with Crippen molar-refractivity contribution in [2.45, 2.75) is 0 Å². The van der Waals surface area contributed by atoms with Gasteiger partial charge < -0.3 is 15.2 Å². The lowest BCUT2D eigenvalue weighted by molar-refractivity contribution is 0.102. The Hall–Kier alpha value is -2.49. The van der Waals surface area contributed by atoms with Crippen LogP contribution in [0.15, 0.2) is 48.5 Å². The fraction of sp³-hybridized carbons (Fsp3) is 0.0714. The van der Waals surface area contributed by atoms with Gasteiger partial charge in [0.25, 0.3) is 5.91 Å². The zero-order chi connectivity index (χ0) is 13.0. The van der Waals surface area contributed by atoms with Crippen molar-refractivity contribution >= 4 is 11.6 Å². The number of anilines is 1. The lowest BCUT2D eigenvalue weighted by atomic mass is 10.2. The minimum absolute atomic E-state index is 0.0670. The Kier molecular flexibility index (Phi) is 3.48. The lowest BCUT2D eigenvalue weighted by Crippen LogP contribution is -2.11. The number of carbonyl (C=O) groups excluding carboxylic acids is 1. The van der Waals surface area contributed by atoms with Crippen molar-refractivity contribution in [2.75, 3.05) is 12.4 Å². The first-order chi connectivity index (χ1) is 8.69. The molecule has 18 heavy (non-hydrogen) atoms. The van der Waals surface area contributed by atoms with Gasteiger partial charge in [0.1, 0.15) is 11.5 Å². The highest BCUT2D eigenvalue weighted by molar-refractivity contribution is 6.04. The molecule has 0 bridgehead atoms. The van der Waals surface area contributed by atoms with E-state index in [0.29, 0.717) is 11.3 Å². The van der Waals surface area contributed by atoms with Crippen LogP contribution in [0, 0.1) is 0 Å². The highest BCUT2D eigenvalue weighted by Gasteiger charge is 2.06. The molecule has 0 atom stereocenters. The third-order valence-corrected chi connectivity index (χ3v) is 2.46. The molecular formula is C14H13NO3. The predicted molar refractivity (Wildman–Crippen MR) is 69.1 cm³/mol. The van der Waals surface area contributed by atoms with E-state index in [1.165, 1.54) is 12.1 Å². The fourth-order valence-corrected chi connectivity index (χ4v) is 1.52. The standard InChI is InChI=1S/C14H13NO3/c1-18-13-7-5-11(6-8-13)15-14(17)10-3-2-4-12(16)9-10/h2-9,16H,1H3,(H,15,17). The van der Waals surface area contributed by atoms with Gasteiger partial charge >= 0.3 is 0 Å². The van der Waals surface area contributed by atoms with Crippen LogP contribution in [0.1, 0.15) is 10.4 Å². The van der Waals surface area contributed by atoms with Gasteiger partial charge in [0.15, 0.2) is 0 Å². The van der Waals surface area contributed by atoms with Crippen molar-refractivity contribution in [1.29, 1.82) is 0 Å². The first-order valence-electron chi connectivity index (χ1n) is 5.43. The van der Waals surface area contributed by atoms with E-state index in [4.69, 9.17) is 4.74 Å². The average Bonchev–Trinajstić information content (AvgIpc) is 2.39. The Labute approximate surface area is 105 Å². The molecule has 0 fully saturated rings. The molecule has 0 aliphatic heterocycles. The summed E-state index contributed by atoms with van der Waals surface area (Å²) in [5.74, 6) is 0.527. The van der Waals surface area contributed by atoms with Crippen LogP contribution in [0.4, 0.5) is 5.69 Å². The van der Waals surface area contributed by atoms with Crippen molar-refractivity contribution in [3.8, 4) is 11.5 Å². The van der Waals surface area contributed by atoms with Crippen molar-refractivity contribution in [3.05, 3.63) is 54.1 Å². The predicted octanol–water partition coefficient (Wildman–Crippen LogP) is 2.65. The van der Waals surface area contributed by atoms with Crippen LogP contribution in [-0.2, 0) is 0 Å². The quantitative estimate of drug-likeness (QED) is 0.871. The Morgan fingerprint density at radius 1 is 1.17 bits per heavy atom. The molecule has 1 amide bonds. The van der Waals surface area contributed by atoms with Crippen LogP contribution in [0.5, 0.6) is 11.5 Å². The topological polar surface area (TPSA) is 58.6 Å². The molecule has 0 saturated heterocycles. The molecule has 0 saturated carbocycles. The summed E-state index contributed by atoms with van der Waals surface area (Å²) in [6.45, 7) is 0. The fourth-order valence-electron chi connectivity index (χ4n) is 1.52. The summed E-state index contributed by atoms with van der Waals surface area (Å²) in [5, 5.41) is 12.0.